The van der Waals surface area contributed by atoms with Crippen molar-refractivity contribution in [2.24, 2.45) is 11.8 Å². The van der Waals surface area contributed by atoms with Crippen LogP contribution in [0.5, 0.6) is 5.75 Å². The molecule has 1 aliphatic heterocycles. The number of hydrogen-bond donors (Lipinski definition) is 2. The van der Waals surface area contributed by atoms with E-state index < -0.39 is 21.8 Å². The van der Waals surface area contributed by atoms with Crippen LogP contribution in [0.3, 0.4) is 0 Å². The predicted molar refractivity (Wildman–Crippen MR) is 136 cm³/mol. The number of hydrogen-bond acceptors (Lipinski definition) is 8. The van der Waals surface area contributed by atoms with Gasteiger partial charge in [0, 0.05) is 38.3 Å². The van der Waals surface area contributed by atoms with Gasteiger partial charge in [0.1, 0.15) is 5.75 Å². The topological polar surface area (TPSA) is 146 Å². The lowest BCUT2D eigenvalue weighted by Gasteiger charge is -2.34. The number of anilines is 1. The number of phenols is 1. The molecule has 3 aromatic rings. The Bertz CT molecular complexity index is 1410. The summed E-state index contributed by atoms with van der Waals surface area (Å²) in [5.41, 5.74) is 0.657. The molecular formula is C25H29N5O6S. The number of benzene rings is 2. The first-order valence-corrected chi connectivity index (χ1v) is 13.2. The predicted octanol–water partition coefficient (Wildman–Crippen LogP) is 3.06. The van der Waals surface area contributed by atoms with Crippen molar-refractivity contribution in [2.45, 2.75) is 25.2 Å². The van der Waals surface area contributed by atoms with E-state index in [1.54, 1.807) is 14.1 Å². The molecule has 2 aromatic carbocycles. The lowest BCUT2D eigenvalue weighted by atomic mass is 9.94. The molecule has 1 saturated heterocycles. The van der Waals surface area contributed by atoms with Crippen molar-refractivity contribution in [1.29, 1.82) is 0 Å². The van der Waals surface area contributed by atoms with E-state index in [4.69, 9.17) is 4.42 Å². The molecule has 196 valence electrons. The highest BCUT2D eigenvalue weighted by Crippen LogP contribution is 2.28. The van der Waals surface area contributed by atoms with Gasteiger partial charge in [-0.25, -0.2) is 8.42 Å². The van der Waals surface area contributed by atoms with Crippen LogP contribution in [-0.4, -0.2) is 71.9 Å². The molecule has 0 unspecified atom stereocenters. The maximum atomic E-state index is 13.1. The molecule has 37 heavy (non-hydrogen) atoms. The summed E-state index contributed by atoms with van der Waals surface area (Å²) in [6.45, 7) is 5.03. The molecule has 1 fully saturated rings. The highest BCUT2D eigenvalue weighted by atomic mass is 32.2. The van der Waals surface area contributed by atoms with Crippen LogP contribution in [0.1, 0.15) is 41.0 Å². The Kier molecular flexibility index (Phi) is 7.32. The van der Waals surface area contributed by atoms with Gasteiger partial charge >= 0.3 is 6.01 Å². The van der Waals surface area contributed by atoms with Gasteiger partial charge in [0.25, 0.3) is 11.8 Å². The number of rotatable bonds is 6. The van der Waals surface area contributed by atoms with Crippen molar-refractivity contribution in [2.75, 3.05) is 32.5 Å². The van der Waals surface area contributed by atoms with Gasteiger partial charge in [0.05, 0.1) is 10.5 Å². The van der Waals surface area contributed by atoms with Crippen molar-refractivity contribution in [3.05, 3.63) is 53.6 Å². The number of nitrogens with zero attached hydrogens (tertiary/aromatic N) is 4. The third kappa shape index (κ3) is 5.65. The molecule has 0 spiro atoms. The molecule has 0 aliphatic carbocycles. The lowest BCUT2D eigenvalue weighted by molar-refractivity contribution is 0.0824. The minimum absolute atomic E-state index is 0.0366. The van der Waals surface area contributed by atoms with Gasteiger partial charge in [-0.1, -0.05) is 18.9 Å². The first kappa shape index (κ1) is 26.3. The van der Waals surface area contributed by atoms with Crippen molar-refractivity contribution < 1.29 is 27.5 Å². The zero-order valence-corrected chi connectivity index (χ0v) is 21.8. The summed E-state index contributed by atoms with van der Waals surface area (Å²) in [5.74, 6) is -0.551. The van der Waals surface area contributed by atoms with Gasteiger partial charge in [-0.2, -0.15) is 4.31 Å². The summed E-state index contributed by atoms with van der Waals surface area (Å²) in [6, 6.07) is 9.76. The third-order valence-corrected chi connectivity index (χ3v) is 7.96. The van der Waals surface area contributed by atoms with E-state index in [9.17, 15) is 23.1 Å². The molecule has 2 amide bonds. The molecule has 2 N–H and O–H groups in total. The zero-order valence-electron chi connectivity index (χ0n) is 21.0. The van der Waals surface area contributed by atoms with Crippen LogP contribution in [0.4, 0.5) is 6.01 Å². The lowest BCUT2D eigenvalue weighted by Crippen LogP contribution is -2.42. The number of carbonyl (C=O) groups is 2. The summed E-state index contributed by atoms with van der Waals surface area (Å²) >= 11 is 0. The number of nitrogens with one attached hydrogen (secondary N) is 1. The quantitative estimate of drug-likeness (QED) is 0.497. The average Bonchev–Trinajstić information content (AvgIpc) is 3.31. The van der Waals surface area contributed by atoms with Crippen LogP contribution < -0.4 is 5.32 Å². The summed E-state index contributed by atoms with van der Waals surface area (Å²) in [5, 5.41) is 20.2. The molecule has 4 rings (SSSR count). The monoisotopic (exact) mass is 527 g/mol. The molecule has 0 radical (unpaired) electrons. The molecule has 2 atom stereocenters. The summed E-state index contributed by atoms with van der Waals surface area (Å²) < 4.78 is 33.1. The minimum Gasteiger partial charge on any atom is -0.507 e. The number of aromatic nitrogens is 2. The van der Waals surface area contributed by atoms with Crippen LogP contribution in [-0.2, 0) is 10.0 Å². The number of aromatic hydroxyl groups is 1. The SMILES string of the molecule is C[C@@H]1C[C@H](C)CN(S(=O)(=O)c2ccc(C(=O)Nc3nnc(-c4ccc(O)c(C(=O)N(C)C)c4)o3)cc2)C1. The Morgan fingerprint density at radius 2 is 1.70 bits per heavy atom. The van der Waals surface area contributed by atoms with E-state index in [1.165, 1.54) is 51.7 Å². The number of phenolic OH excluding ortho intramolecular Hbond substituents is 1. The average molecular weight is 528 g/mol. The number of sulfonamides is 1. The Labute approximate surface area is 215 Å². The van der Waals surface area contributed by atoms with E-state index >= 15 is 0 Å². The molecule has 0 saturated carbocycles. The summed E-state index contributed by atoms with van der Waals surface area (Å²) in [6.07, 6.45) is 0.991. The Balaban J connectivity index is 1.47. The largest absolute Gasteiger partial charge is 0.507 e. The van der Waals surface area contributed by atoms with E-state index in [0.29, 0.717) is 18.7 Å². The van der Waals surface area contributed by atoms with Gasteiger partial charge in [-0.3, -0.25) is 14.9 Å². The van der Waals surface area contributed by atoms with E-state index in [-0.39, 0.29) is 45.5 Å². The molecular weight excluding hydrogens is 498 g/mol. The second-order valence-electron chi connectivity index (χ2n) is 9.59. The molecule has 2 heterocycles. The van der Waals surface area contributed by atoms with Gasteiger partial charge in [0.15, 0.2) is 0 Å². The van der Waals surface area contributed by atoms with Crippen LogP contribution >= 0.6 is 0 Å². The summed E-state index contributed by atoms with van der Waals surface area (Å²) in [4.78, 5) is 26.4. The van der Waals surface area contributed by atoms with Crippen molar-refractivity contribution >= 4 is 27.9 Å². The molecule has 1 aromatic heterocycles. The minimum atomic E-state index is -3.66. The van der Waals surface area contributed by atoms with Crippen LogP contribution in [0.2, 0.25) is 0 Å². The van der Waals surface area contributed by atoms with Gasteiger partial charge in [-0.05, 0) is 60.7 Å². The first-order valence-electron chi connectivity index (χ1n) is 11.8. The molecule has 1 aliphatic rings. The van der Waals surface area contributed by atoms with Crippen LogP contribution in [0.15, 0.2) is 51.8 Å². The maximum Gasteiger partial charge on any atom is 0.322 e. The Morgan fingerprint density at radius 3 is 2.32 bits per heavy atom. The number of carbonyl (C=O) groups excluding carboxylic acids is 2. The fraction of sp³-hybridized carbons (Fsp3) is 0.360. The fourth-order valence-corrected chi connectivity index (χ4v) is 6.05. The van der Waals surface area contributed by atoms with E-state index in [2.05, 4.69) is 15.5 Å². The molecule has 12 heteroatoms. The van der Waals surface area contributed by atoms with Crippen LogP contribution in [0, 0.1) is 11.8 Å². The van der Waals surface area contributed by atoms with E-state index in [1.807, 2.05) is 13.8 Å². The second kappa shape index (κ2) is 10.3. The van der Waals surface area contributed by atoms with E-state index in [0.717, 1.165) is 6.42 Å². The van der Waals surface area contributed by atoms with Crippen molar-refractivity contribution in [3.8, 4) is 17.2 Å². The maximum absolute atomic E-state index is 13.1. The van der Waals surface area contributed by atoms with Crippen molar-refractivity contribution in [3.63, 3.8) is 0 Å². The highest BCUT2D eigenvalue weighted by Gasteiger charge is 2.31. The normalized spacial score (nSPS) is 18.4. The Morgan fingerprint density at radius 1 is 1.05 bits per heavy atom. The standard InChI is InChI=1S/C25H29N5O6S/c1-15-11-16(2)14-30(13-15)37(34,35)19-8-5-17(6-9-19)22(32)26-25-28-27-23(36-25)18-7-10-21(31)20(12-18)24(33)29(3)4/h5-10,12,15-16,31H,11,13-14H2,1-4H3,(H,26,28,32)/t15-,16+. The van der Waals surface area contributed by atoms with Crippen molar-refractivity contribution in [1.82, 2.24) is 19.4 Å². The third-order valence-electron chi connectivity index (χ3n) is 6.12. The second-order valence-corrected chi connectivity index (χ2v) is 11.5. The van der Waals surface area contributed by atoms with Gasteiger partial charge in [0.2, 0.25) is 15.9 Å². The fourth-order valence-electron chi connectivity index (χ4n) is 4.37. The van der Waals surface area contributed by atoms with Crippen LogP contribution in [0.25, 0.3) is 11.5 Å². The zero-order chi connectivity index (χ0) is 26.9. The number of piperidine rings is 1. The Hall–Kier alpha value is -3.77. The number of amides is 2. The summed E-state index contributed by atoms with van der Waals surface area (Å²) in [7, 11) is -0.537. The first-order chi connectivity index (χ1) is 17.5. The van der Waals surface area contributed by atoms with Gasteiger partial charge < -0.3 is 14.4 Å². The van der Waals surface area contributed by atoms with Gasteiger partial charge in [-0.15, -0.1) is 5.10 Å². The smallest absolute Gasteiger partial charge is 0.322 e. The highest BCUT2D eigenvalue weighted by molar-refractivity contribution is 7.89. The molecule has 11 nitrogen and oxygen atoms in total. The molecule has 0 bridgehead atoms.